The van der Waals surface area contributed by atoms with Crippen molar-refractivity contribution in [3.63, 3.8) is 0 Å². The maximum absolute atomic E-state index is 12.2. The molecular formula is C20H30N4O2. The molecule has 6 heteroatoms. The first-order chi connectivity index (χ1) is 12.7. The average Bonchev–Trinajstić information content (AvgIpc) is 3.20. The summed E-state index contributed by atoms with van der Waals surface area (Å²) in [6.07, 6.45) is 5.69. The molecule has 1 atom stereocenters. The van der Waals surface area contributed by atoms with Crippen LogP contribution in [0.5, 0.6) is 0 Å². The van der Waals surface area contributed by atoms with Crippen molar-refractivity contribution in [3.8, 4) is 0 Å². The third kappa shape index (κ3) is 5.54. The summed E-state index contributed by atoms with van der Waals surface area (Å²) in [6, 6.07) is 7.40. The van der Waals surface area contributed by atoms with Gasteiger partial charge in [-0.1, -0.05) is 18.6 Å². The highest BCUT2D eigenvalue weighted by Crippen LogP contribution is 2.09. The maximum atomic E-state index is 12.2. The topological polar surface area (TPSA) is 73.5 Å². The van der Waals surface area contributed by atoms with Gasteiger partial charge in [0.2, 0.25) is 5.91 Å². The minimum atomic E-state index is -0.0654. The van der Waals surface area contributed by atoms with Crippen LogP contribution in [0.4, 0.5) is 0 Å². The predicted molar refractivity (Wildman–Crippen MR) is 102 cm³/mol. The van der Waals surface area contributed by atoms with Crippen LogP contribution in [0, 0.1) is 0 Å². The quantitative estimate of drug-likeness (QED) is 0.686. The number of benzene rings is 1. The van der Waals surface area contributed by atoms with E-state index in [0.717, 1.165) is 51.0 Å². The first-order valence-electron chi connectivity index (χ1n) is 9.83. The second-order valence-corrected chi connectivity index (χ2v) is 7.22. The standard InChI is InChI=1S/C20H30N4O2/c25-19(22-11-14-24-12-3-4-13-24)17-8-6-16(7-9-17)15-23-20(26)18-5-1-2-10-21-18/h6-9,18,21H,1-5,10-15H2,(H,22,25)(H,23,26)/t18-/m1/s1. The fourth-order valence-corrected chi connectivity index (χ4v) is 3.60. The summed E-state index contributed by atoms with van der Waals surface area (Å²) in [7, 11) is 0. The molecule has 2 aliphatic heterocycles. The van der Waals surface area contributed by atoms with E-state index in [9.17, 15) is 9.59 Å². The molecule has 0 spiro atoms. The van der Waals surface area contributed by atoms with Crippen molar-refractivity contribution in [3.05, 3.63) is 35.4 Å². The molecule has 0 aliphatic carbocycles. The number of nitrogens with one attached hydrogen (secondary N) is 3. The molecule has 3 rings (SSSR count). The largest absolute Gasteiger partial charge is 0.351 e. The van der Waals surface area contributed by atoms with Gasteiger partial charge in [-0.3, -0.25) is 9.59 Å². The molecule has 3 N–H and O–H groups in total. The Morgan fingerprint density at radius 2 is 1.81 bits per heavy atom. The molecule has 1 aromatic rings. The lowest BCUT2D eigenvalue weighted by molar-refractivity contribution is -0.123. The number of likely N-dealkylation sites (tertiary alicyclic amines) is 1. The van der Waals surface area contributed by atoms with Crippen LogP contribution in [0.25, 0.3) is 0 Å². The monoisotopic (exact) mass is 358 g/mol. The van der Waals surface area contributed by atoms with E-state index in [1.165, 1.54) is 12.8 Å². The number of nitrogens with zero attached hydrogens (tertiary/aromatic N) is 1. The first-order valence-corrected chi connectivity index (χ1v) is 9.83. The van der Waals surface area contributed by atoms with E-state index in [1.807, 2.05) is 24.3 Å². The molecule has 2 heterocycles. The van der Waals surface area contributed by atoms with Crippen molar-refractivity contribution in [1.29, 1.82) is 0 Å². The Hall–Kier alpha value is -1.92. The van der Waals surface area contributed by atoms with Gasteiger partial charge < -0.3 is 20.9 Å². The summed E-state index contributed by atoms with van der Waals surface area (Å²) < 4.78 is 0. The molecule has 0 radical (unpaired) electrons. The third-order valence-electron chi connectivity index (χ3n) is 5.22. The first kappa shape index (κ1) is 18.9. The van der Waals surface area contributed by atoms with Gasteiger partial charge in [0.05, 0.1) is 6.04 Å². The highest BCUT2D eigenvalue weighted by Gasteiger charge is 2.19. The lowest BCUT2D eigenvalue weighted by atomic mass is 10.0. The number of hydrogen-bond donors (Lipinski definition) is 3. The Labute approximate surface area is 155 Å². The van der Waals surface area contributed by atoms with Gasteiger partial charge in [0.15, 0.2) is 0 Å². The van der Waals surface area contributed by atoms with Crippen molar-refractivity contribution in [2.24, 2.45) is 0 Å². The lowest BCUT2D eigenvalue weighted by Crippen LogP contribution is -2.46. The molecule has 1 aromatic carbocycles. The van der Waals surface area contributed by atoms with Crippen LogP contribution in [0.1, 0.15) is 48.0 Å². The van der Waals surface area contributed by atoms with Gasteiger partial charge in [-0.2, -0.15) is 0 Å². The smallest absolute Gasteiger partial charge is 0.251 e. The Morgan fingerprint density at radius 3 is 2.50 bits per heavy atom. The van der Waals surface area contributed by atoms with Gasteiger partial charge >= 0.3 is 0 Å². The second-order valence-electron chi connectivity index (χ2n) is 7.22. The van der Waals surface area contributed by atoms with Crippen molar-refractivity contribution < 1.29 is 9.59 Å². The number of piperidine rings is 1. The minimum absolute atomic E-state index is 0.0359. The zero-order valence-electron chi connectivity index (χ0n) is 15.4. The minimum Gasteiger partial charge on any atom is -0.351 e. The molecule has 26 heavy (non-hydrogen) atoms. The molecule has 2 saturated heterocycles. The van der Waals surface area contributed by atoms with Crippen LogP contribution in [-0.4, -0.2) is 55.5 Å². The summed E-state index contributed by atoms with van der Waals surface area (Å²) in [6.45, 7) is 5.31. The Morgan fingerprint density at radius 1 is 1.04 bits per heavy atom. The van der Waals surface area contributed by atoms with Gasteiger partial charge in [0.1, 0.15) is 0 Å². The lowest BCUT2D eigenvalue weighted by Gasteiger charge is -2.22. The average molecular weight is 358 g/mol. The Bertz CT molecular complexity index is 590. The number of rotatable bonds is 7. The molecule has 2 fully saturated rings. The number of carbonyl (C=O) groups excluding carboxylic acids is 2. The molecule has 0 aromatic heterocycles. The molecule has 2 amide bonds. The van der Waals surface area contributed by atoms with E-state index in [0.29, 0.717) is 18.7 Å². The van der Waals surface area contributed by atoms with Crippen molar-refractivity contribution >= 4 is 11.8 Å². The zero-order valence-corrected chi connectivity index (χ0v) is 15.4. The Balaban J connectivity index is 1.39. The van der Waals surface area contributed by atoms with Gasteiger partial charge in [-0.05, 0) is 63.0 Å². The summed E-state index contributed by atoms with van der Waals surface area (Å²) in [5.74, 6) is 0.0274. The molecule has 142 valence electrons. The van der Waals surface area contributed by atoms with Crippen molar-refractivity contribution in [2.75, 3.05) is 32.7 Å². The summed E-state index contributed by atoms with van der Waals surface area (Å²) >= 11 is 0. The van der Waals surface area contributed by atoms with Gasteiger partial charge in [0, 0.05) is 25.2 Å². The zero-order chi connectivity index (χ0) is 18.2. The summed E-state index contributed by atoms with van der Waals surface area (Å²) in [5.41, 5.74) is 1.67. The van der Waals surface area contributed by atoms with Crippen molar-refractivity contribution in [1.82, 2.24) is 20.9 Å². The number of hydrogen-bond acceptors (Lipinski definition) is 4. The Kier molecular flexibility index (Phi) is 7.03. The molecule has 0 saturated carbocycles. The SMILES string of the molecule is O=C(NCCN1CCCC1)c1ccc(CNC(=O)[C@H]2CCCCN2)cc1. The normalized spacial score (nSPS) is 20.7. The van der Waals surface area contributed by atoms with Crippen molar-refractivity contribution in [2.45, 2.75) is 44.7 Å². The fourth-order valence-electron chi connectivity index (χ4n) is 3.60. The van der Waals surface area contributed by atoms with E-state index in [2.05, 4.69) is 20.9 Å². The van der Waals surface area contributed by atoms with Crippen LogP contribution in [-0.2, 0) is 11.3 Å². The molecule has 2 aliphatic rings. The van der Waals surface area contributed by atoms with Crippen LogP contribution in [0.15, 0.2) is 24.3 Å². The summed E-state index contributed by atoms with van der Waals surface area (Å²) in [4.78, 5) is 26.7. The highest BCUT2D eigenvalue weighted by molar-refractivity contribution is 5.94. The second kappa shape index (κ2) is 9.69. The molecule has 0 unspecified atom stereocenters. The highest BCUT2D eigenvalue weighted by atomic mass is 16.2. The number of amides is 2. The van der Waals surface area contributed by atoms with Gasteiger partial charge in [0.25, 0.3) is 5.91 Å². The number of carbonyl (C=O) groups is 2. The third-order valence-corrected chi connectivity index (χ3v) is 5.22. The van der Waals surface area contributed by atoms with Crippen LogP contribution in [0.3, 0.4) is 0 Å². The van der Waals surface area contributed by atoms with Crippen LogP contribution in [0.2, 0.25) is 0 Å². The van der Waals surface area contributed by atoms with Crippen LogP contribution < -0.4 is 16.0 Å². The van der Waals surface area contributed by atoms with Gasteiger partial charge in [-0.25, -0.2) is 0 Å². The van der Waals surface area contributed by atoms with E-state index >= 15 is 0 Å². The summed E-state index contributed by atoms with van der Waals surface area (Å²) in [5, 5.41) is 9.21. The van der Waals surface area contributed by atoms with Gasteiger partial charge in [-0.15, -0.1) is 0 Å². The van der Waals surface area contributed by atoms with E-state index in [-0.39, 0.29) is 17.9 Å². The van der Waals surface area contributed by atoms with E-state index in [4.69, 9.17) is 0 Å². The van der Waals surface area contributed by atoms with E-state index in [1.54, 1.807) is 0 Å². The predicted octanol–water partition coefficient (Wildman–Crippen LogP) is 1.27. The molecular weight excluding hydrogens is 328 g/mol. The molecule has 0 bridgehead atoms. The fraction of sp³-hybridized carbons (Fsp3) is 0.600. The van der Waals surface area contributed by atoms with Crippen LogP contribution >= 0.6 is 0 Å². The molecule has 6 nitrogen and oxygen atoms in total. The van der Waals surface area contributed by atoms with E-state index < -0.39 is 0 Å². The maximum Gasteiger partial charge on any atom is 0.251 e.